The van der Waals surface area contributed by atoms with Crippen molar-refractivity contribution in [3.05, 3.63) is 71.5 Å². The molecule has 1 N–H and O–H groups in total. The Kier molecular flexibility index (Phi) is 7.02. The average Bonchev–Trinajstić information content (AvgIpc) is 3.54. The number of ether oxygens (including phenoxy) is 4. The Bertz CT molecular complexity index is 1490. The monoisotopic (exact) mass is 513 g/mol. The minimum absolute atomic E-state index is 0. The fraction of sp³-hybridized carbons (Fsp3) is 0.259. The predicted octanol–water partition coefficient (Wildman–Crippen LogP) is 4.46. The van der Waals surface area contributed by atoms with E-state index in [2.05, 4.69) is 10.3 Å². The Morgan fingerprint density at radius 1 is 1.14 bits per heavy atom. The molecule has 4 aromatic rings. The summed E-state index contributed by atoms with van der Waals surface area (Å²) >= 11 is 0. The maximum absolute atomic E-state index is 14.1. The minimum atomic E-state index is -0.390. The molecule has 10 heteroatoms. The number of carbonyl (C=O) groups excluding carboxylic acids is 1. The second kappa shape index (κ2) is 10.2. The van der Waals surface area contributed by atoms with Gasteiger partial charge in [-0.05, 0) is 37.3 Å². The molecule has 0 aliphatic carbocycles. The van der Waals surface area contributed by atoms with Crippen molar-refractivity contribution in [1.82, 2.24) is 9.55 Å². The molecular weight excluding hydrogens is 488 g/mol. The van der Waals surface area contributed by atoms with Gasteiger partial charge in [0, 0.05) is 35.9 Å². The van der Waals surface area contributed by atoms with E-state index in [0.29, 0.717) is 48.4 Å². The molecule has 0 fully saturated rings. The molecule has 3 heterocycles. The molecule has 2 aliphatic heterocycles. The molecular formula is C27H25FN3NaO5. The van der Waals surface area contributed by atoms with Crippen LogP contribution in [0.2, 0.25) is 0 Å². The van der Waals surface area contributed by atoms with E-state index in [1.54, 1.807) is 10.6 Å². The van der Waals surface area contributed by atoms with E-state index in [4.69, 9.17) is 18.9 Å². The first-order chi connectivity index (χ1) is 17.5. The number of aromatic nitrogens is 2. The van der Waals surface area contributed by atoms with Gasteiger partial charge in [-0.3, -0.25) is 9.36 Å². The molecule has 8 nitrogen and oxygen atoms in total. The predicted molar refractivity (Wildman–Crippen MR) is 138 cm³/mol. The first-order valence-electron chi connectivity index (χ1n) is 11.8. The Labute approximate surface area is 235 Å². The summed E-state index contributed by atoms with van der Waals surface area (Å²) in [5.74, 6) is 0.684. The molecule has 0 saturated heterocycles. The first kappa shape index (κ1) is 25.4. The van der Waals surface area contributed by atoms with Crippen LogP contribution in [0.5, 0.6) is 17.5 Å². The second-order valence-electron chi connectivity index (χ2n) is 8.66. The van der Waals surface area contributed by atoms with E-state index in [0.717, 1.165) is 22.5 Å². The molecule has 2 aliphatic rings. The van der Waals surface area contributed by atoms with Gasteiger partial charge in [0.1, 0.15) is 30.5 Å². The summed E-state index contributed by atoms with van der Waals surface area (Å²) in [6, 6.07) is 16.3. The molecule has 0 saturated carbocycles. The van der Waals surface area contributed by atoms with Crippen LogP contribution < -0.4 is 19.5 Å². The number of imidazole rings is 1. The molecule has 37 heavy (non-hydrogen) atoms. The van der Waals surface area contributed by atoms with Gasteiger partial charge in [-0.1, -0.05) is 12.1 Å². The normalized spacial score (nSPS) is 17.3. The summed E-state index contributed by atoms with van der Waals surface area (Å²) in [4.78, 5) is 15.9. The average molecular weight is 514 g/mol. The van der Waals surface area contributed by atoms with Gasteiger partial charge in [0.2, 0.25) is 0 Å². The molecule has 2 atom stereocenters. The Morgan fingerprint density at radius 2 is 2.00 bits per heavy atom. The van der Waals surface area contributed by atoms with Crippen molar-refractivity contribution in [1.29, 1.82) is 0 Å². The van der Waals surface area contributed by atoms with Gasteiger partial charge in [0.15, 0.2) is 6.10 Å². The molecule has 0 radical (unpaired) electrons. The second-order valence-corrected chi connectivity index (χ2v) is 8.66. The van der Waals surface area contributed by atoms with E-state index in [1.807, 2.05) is 43.3 Å². The van der Waals surface area contributed by atoms with Crippen LogP contribution in [0.3, 0.4) is 0 Å². The van der Waals surface area contributed by atoms with Crippen LogP contribution in [0, 0.1) is 5.82 Å². The van der Waals surface area contributed by atoms with Crippen LogP contribution in [0.1, 0.15) is 37.1 Å². The molecule has 6 rings (SSSR count). The number of nitrogens with zero attached hydrogens (tertiary/aromatic N) is 2. The van der Waals surface area contributed by atoms with Crippen LogP contribution >= 0.6 is 0 Å². The summed E-state index contributed by atoms with van der Waals surface area (Å²) in [7, 11) is 0. The topological polar surface area (TPSA) is 83.8 Å². The van der Waals surface area contributed by atoms with Crippen LogP contribution in [0.4, 0.5) is 10.1 Å². The number of esters is 1. The van der Waals surface area contributed by atoms with Gasteiger partial charge >= 0.3 is 41.5 Å². The number of para-hydroxylation sites is 1. The Morgan fingerprint density at radius 3 is 2.81 bits per heavy atom. The van der Waals surface area contributed by atoms with Crippen molar-refractivity contribution in [2.75, 3.05) is 25.1 Å². The molecule has 1 aromatic heterocycles. The number of fused-ring (bicyclic) bond motifs is 3. The number of rotatable bonds is 6. The molecule has 186 valence electrons. The van der Waals surface area contributed by atoms with Crippen LogP contribution in [-0.4, -0.2) is 64.9 Å². The summed E-state index contributed by atoms with van der Waals surface area (Å²) in [5.41, 5.74) is 4.64. The number of halogens is 1. The summed E-state index contributed by atoms with van der Waals surface area (Å²) in [6.45, 7) is 4.40. The molecule has 0 unspecified atom stereocenters. The van der Waals surface area contributed by atoms with E-state index in [9.17, 15) is 9.18 Å². The Balaban J connectivity index is 0.00000280. The van der Waals surface area contributed by atoms with Crippen LogP contribution in [0.15, 0.2) is 54.6 Å². The maximum atomic E-state index is 14.1. The quantitative estimate of drug-likeness (QED) is 0.301. The van der Waals surface area contributed by atoms with Gasteiger partial charge in [-0.15, -0.1) is 0 Å². The number of nitrogens with one attached hydrogen (secondary N) is 1. The third-order valence-corrected chi connectivity index (χ3v) is 6.29. The van der Waals surface area contributed by atoms with E-state index in [1.165, 1.54) is 19.1 Å². The van der Waals surface area contributed by atoms with Crippen molar-refractivity contribution in [3.8, 4) is 23.2 Å². The molecule has 0 amide bonds. The number of hydrogen-bond acceptors (Lipinski definition) is 7. The van der Waals surface area contributed by atoms with Crippen molar-refractivity contribution < 1.29 is 28.1 Å². The SMILES string of the molecule is CCOc1nc2ccc(F)cc2n1-c1cccc2c1OC[C@H]2Nc1ccc2c(c1)OC[C@H]2OC(C)=O.[NaH]. The van der Waals surface area contributed by atoms with Gasteiger partial charge in [-0.2, -0.15) is 4.98 Å². The summed E-state index contributed by atoms with van der Waals surface area (Å²) < 4.78 is 38.9. The number of anilines is 1. The van der Waals surface area contributed by atoms with Crippen molar-refractivity contribution >= 4 is 52.2 Å². The fourth-order valence-corrected chi connectivity index (χ4v) is 4.78. The summed E-state index contributed by atoms with van der Waals surface area (Å²) in [6.07, 6.45) is -0.390. The van der Waals surface area contributed by atoms with Crippen molar-refractivity contribution in [2.45, 2.75) is 26.0 Å². The number of hydrogen-bond donors (Lipinski definition) is 1. The van der Waals surface area contributed by atoms with Gasteiger partial charge in [0.05, 0.1) is 29.4 Å². The zero-order valence-corrected chi connectivity index (χ0v) is 19.8. The fourth-order valence-electron chi connectivity index (χ4n) is 4.78. The van der Waals surface area contributed by atoms with Gasteiger partial charge < -0.3 is 24.3 Å². The van der Waals surface area contributed by atoms with Gasteiger partial charge in [-0.25, -0.2) is 4.39 Å². The summed E-state index contributed by atoms with van der Waals surface area (Å²) in [5, 5.41) is 3.51. The number of carbonyl (C=O) groups is 1. The third kappa shape index (κ3) is 4.63. The molecule has 0 spiro atoms. The van der Waals surface area contributed by atoms with E-state index < -0.39 is 0 Å². The third-order valence-electron chi connectivity index (χ3n) is 6.29. The van der Waals surface area contributed by atoms with Crippen LogP contribution in [-0.2, 0) is 9.53 Å². The Hall–Kier alpha value is -3.27. The van der Waals surface area contributed by atoms with E-state index in [-0.39, 0.29) is 53.5 Å². The molecule has 0 bridgehead atoms. The van der Waals surface area contributed by atoms with Crippen molar-refractivity contribution in [3.63, 3.8) is 0 Å². The first-order valence-corrected chi connectivity index (χ1v) is 11.8. The van der Waals surface area contributed by atoms with E-state index >= 15 is 0 Å². The van der Waals surface area contributed by atoms with Crippen molar-refractivity contribution in [2.24, 2.45) is 0 Å². The zero-order chi connectivity index (χ0) is 24.8. The number of benzene rings is 3. The zero-order valence-electron chi connectivity index (χ0n) is 19.8. The van der Waals surface area contributed by atoms with Crippen LogP contribution in [0.25, 0.3) is 16.7 Å². The standard InChI is InChI=1S/C27H24FN3O5.Na.H/c1-3-33-27-30-20-10-7-16(28)11-23(20)31(27)22-6-4-5-18-21(13-35-26(18)22)29-17-8-9-19-24(12-17)34-14-25(19)36-15(2)32;;/h4-12,21,25,29H,3,13-14H2,1-2H3;;/t21-,25-;;/m1../s1. The van der Waals surface area contributed by atoms with Gasteiger partial charge in [0.25, 0.3) is 0 Å². The molecule has 3 aromatic carbocycles.